The maximum atomic E-state index is 12.8. The van der Waals surface area contributed by atoms with Crippen LogP contribution in [-0.4, -0.2) is 12.9 Å². The molecule has 0 bridgehead atoms. The van der Waals surface area contributed by atoms with Crippen molar-refractivity contribution in [3.05, 3.63) is 40.5 Å². The predicted octanol–water partition coefficient (Wildman–Crippen LogP) is 3.29. The fourth-order valence-electron chi connectivity index (χ4n) is 1.79. The first-order chi connectivity index (χ1) is 9.52. The van der Waals surface area contributed by atoms with Crippen LogP contribution in [0.5, 0.6) is 5.75 Å². The molecule has 0 atom stereocenters. The van der Waals surface area contributed by atoms with Gasteiger partial charge in [-0.2, -0.15) is 0 Å². The molecule has 0 radical (unpaired) electrons. The highest BCUT2D eigenvalue weighted by atomic mass is 32.1. The molecule has 1 heterocycles. The number of carbonyl (C=O) groups is 1. The Bertz CT molecular complexity index is 623. The quantitative estimate of drug-likeness (QED) is 0.831. The van der Waals surface area contributed by atoms with Crippen LogP contribution in [0.4, 0.5) is 15.1 Å². The number of nitrogen functional groups attached to an aromatic ring is 1. The van der Waals surface area contributed by atoms with Crippen molar-refractivity contribution in [2.24, 2.45) is 0 Å². The summed E-state index contributed by atoms with van der Waals surface area (Å²) >= 11 is 1.26. The monoisotopic (exact) mass is 294 g/mol. The molecule has 0 saturated carbocycles. The number of Topliss-reactive ketones (excluding diaryl/α,β-unsaturated/α-hetero) is 1. The van der Waals surface area contributed by atoms with Gasteiger partial charge in [0.25, 0.3) is 0 Å². The van der Waals surface area contributed by atoms with Gasteiger partial charge in [-0.25, -0.2) is 4.39 Å². The minimum Gasteiger partial charge on any atom is -0.492 e. The van der Waals surface area contributed by atoms with E-state index >= 15 is 0 Å². The summed E-state index contributed by atoms with van der Waals surface area (Å²) in [7, 11) is 1.51. The Morgan fingerprint density at radius 3 is 2.60 bits per heavy atom. The van der Waals surface area contributed by atoms with Gasteiger partial charge in [-0.05, 0) is 17.7 Å². The normalized spacial score (nSPS) is 10.3. The van der Waals surface area contributed by atoms with E-state index in [1.807, 2.05) is 0 Å². The highest BCUT2D eigenvalue weighted by Gasteiger charge is 2.19. The molecule has 0 saturated heterocycles. The van der Waals surface area contributed by atoms with Crippen molar-refractivity contribution >= 4 is 27.8 Å². The highest BCUT2D eigenvalue weighted by Crippen LogP contribution is 2.42. The van der Waals surface area contributed by atoms with Gasteiger partial charge in [0.1, 0.15) is 10.8 Å². The van der Waals surface area contributed by atoms with Crippen molar-refractivity contribution in [3.8, 4) is 5.75 Å². The number of nitrogens with one attached hydrogen (secondary N) is 1. The largest absolute Gasteiger partial charge is 0.492 e. The molecule has 20 heavy (non-hydrogen) atoms. The molecule has 2 rings (SSSR count). The molecule has 6 heteroatoms. The van der Waals surface area contributed by atoms with Crippen LogP contribution in [0, 0.1) is 5.82 Å². The number of ketones is 1. The third-order valence-corrected chi connectivity index (χ3v) is 4.04. The topological polar surface area (TPSA) is 64.3 Å². The van der Waals surface area contributed by atoms with E-state index in [0.717, 1.165) is 5.56 Å². The molecule has 2 aromatic rings. The minimum absolute atomic E-state index is 0.0966. The van der Waals surface area contributed by atoms with Crippen molar-refractivity contribution < 1.29 is 13.9 Å². The van der Waals surface area contributed by atoms with Gasteiger partial charge in [-0.15, -0.1) is 11.3 Å². The van der Waals surface area contributed by atoms with Crippen LogP contribution in [0.1, 0.15) is 22.2 Å². The zero-order valence-corrected chi connectivity index (χ0v) is 12.0. The molecular formula is C14H15FN2O2S. The van der Waals surface area contributed by atoms with Crippen LogP contribution in [0.3, 0.4) is 0 Å². The molecule has 3 N–H and O–H groups in total. The summed E-state index contributed by atoms with van der Waals surface area (Å²) in [5.74, 6) is 0.105. The Labute approximate surface area is 120 Å². The lowest BCUT2D eigenvalue weighted by Crippen LogP contribution is -2.00. The Kier molecular flexibility index (Phi) is 4.24. The number of carbonyl (C=O) groups excluding carboxylic acids is 1. The molecule has 0 aliphatic carbocycles. The lowest BCUT2D eigenvalue weighted by molar-refractivity contribution is 0.102. The van der Waals surface area contributed by atoms with E-state index < -0.39 is 0 Å². The van der Waals surface area contributed by atoms with Gasteiger partial charge in [0.15, 0.2) is 11.5 Å². The summed E-state index contributed by atoms with van der Waals surface area (Å²) in [6.45, 7) is 1.96. The standard InChI is InChI=1S/C14H15FN2O2S/c1-8(18)13-11(16)12(19-2)14(20-13)17-7-9-3-5-10(15)6-4-9/h3-6,17H,7,16H2,1-2H3. The molecule has 0 unspecified atom stereocenters. The van der Waals surface area contributed by atoms with E-state index in [1.165, 1.54) is 37.5 Å². The molecule has 106 valence electrons. The van der Waals surface area contributed by atoms with Gasteiger partial charge in [0.05, 0.1) is 17.7 Å². The van der Waals surface area contributed by atoms with Crippen LogP contribution < -0.4 is 15.8 Å². The fourth-order valence-corrected chi connectivity index (χ4v) is 2.77. The van der Waals surface area contributed by atoms with Gasteiger partial charge in [0, 0.05) is 13.5 Å². The van der Waals surface area contributed by atoms with Crippen molar-refractivity contribution in [2.45, 2.75) is 13.5 Å². The average molecular weight is 294 g/mol. The van der Waals surface area contributed by atoms with Gasteiger partial charge in [-0.3, -0.25) is 4.79 Å². The van der Waals surface area contributed by atoms with E-state index in [1.54, 1.807) is 12.1 Å². The molecule has 1 aromatic carbocycles. The summed E-state index contributed by atoms with van der Waals surface area (Å²) in [4.78, 5) is 11.9. The van der Waals surface area contributed by atoms with E-state index in [4.69, 9.17) is 10.5 Å². The van der Waals surface area contributed by atoms with Crippen LogP contribution in [-0.2, 0) is 6.54 Å². The maximum absolute atomic E-state index is 12.8. The Morgan fingerprint density at radius 2 is 2.05 bits per heavy atom. The summed E-state index contributed by atoms with van der Waals surface area (Å²) in [6.07, 6.45) is 0. The van der Waals surface area contributed by atoms with Gasteiger partial charge in [0.2, 0.25) is 0 Å². The summed E-state index contributed by atoms with van der Waals surface area (Å²) in [5.41, 5.74) is 7.15. The number of hydrogen-bond donors (Lipinski definition) is 2. The zero-order chi connectivity index (χ0) is 14.7. The number of anilines is 2. The van der Waals surface area contributed by atoms with Crippen molar-refractivity contribution in [3.63, 3.8) is 0 Å². The van der Waals surface area contributed by atoms with Crippen LogP contribution in [0.15, 0.2) is 24.3 Å². The number of hydrogen-bond acceptors (Lipinski definition) is 5. The second-order valence-electron chi connectivity index (χ2n) is 4.24. The SMILES string of the molecule is COc1c(NCc2ccc(F)cc2)sc(C(C)=O)c1N. The van der Waals surface area contributed by atoms with Crippen LogP contribution in [0.2, 0.25) is 0 Å². The highest BCUT2D eigenvalue weighted by molar-refractivity contribution is 7.19. The number of benzene rings is 1. The summed E-state index contributed by atoms with van der Waals surface area (Å²) in [5, 5.41) is 3.85. The number of rotatable bonds is 5. The predicted molar refractivity (Wildman–Crippen MR) is 79.0 cm³/mol. The molecule has 0 amide bonds. The smallest absolute Gasteiger partial charge is 0.176 e. The third-order valence-electron chi connectivity index (χ3n) is 2.79. The molecule has 0 aliphatic heterocycles. The van der Waals surface area contributed by atoms with Crippen molar-refractivity contribution in [2.75, 3.05) is 18.2 Å². The van der Waals surface area contributed by atoms with Crippen LogP contribution >= 0.6 is 11.3 Å². The summed E-state index contributed by atoms with van der Waals surface area (Å²) < 4.78 is 18.0. The van der Waals surface area contributed by atoms with Crippen LogP contribution in [0.25, 0.3) is 0 Å². The van der Waals surface area contributed by atoms with E-state index in [-0.39, 0.29) is 11.6 Å². The Hall–Kier alpha value is -2.08. The maximum Gasteiger partial charge on any atom is 0.176 e. The molecule has 0 fully saturated rings. The van der Waals surface area contributed by atoms with Gasteiger partial charge < -0.3 is 15.8 Å². The first-order valence-electron chi connectivity index (χ1n) is 5.98. The average Bonchev–Trinajstić information content (AvgIpc) is 2.74. The minimum atomic E-state index is -0.273. The Morgan fingerprint density at radius 1 is 1.40 bits per heavy atom. The van der Waals surface area contributed by atoms with Gasteiger partial charge in [-0.1, -0.05) is 12.1 Å². The summed E-state index contributed by atoms with van der Waals surface area (Å²) in [6, 6.07) is 6.19. The van der Waals surface area contributed by atoms with E-state index in [2.05, 4.69) is 5.32 Å². The number of ether oxygens (including phenoxy) is 1. The first-order valence-corrected chi connectivity index (χ1v) is 6.80. The van der Waals surface area contributed by atoms with E-state index in [0.29, 0.717) is 27.9 Å². The third kappa shape index (κ3) is 2.91. The molecule has 0 aliphatic rings. The first kappa shape index (κ1) is 14.3. The van der Waals surface area contributed by atoms with Gasteiger partial charge >= 0.3 is 0 Å². The second-order valence-corrected chi connectivity index (χ2v) is 5.26. The molecule has 0 spiro atoms. The second kappa shape index (κ2) is 5.92. The lowest BCUT2D eigenvalue weighted by atomic mass is 10.2. The zero-order valence-electron chi connectivity index (χ0n) is 11.2. The Balaban J connectivity index is 2.18. The fraction of sp³-hybridized carbons (Fsp3) is 0.214. The number of methoxy groups -OCH3 is 1. The number of nitrogens with two attached hydrogens (primary N) is 1. The number of thiophene rings is 1. The number of halogens is 1. The van der Waals surface area contributed by atoms with E-state index in [9.17, 15) is 9.18 Å². The molecule has 4 nitrogen and oxygen atoms in total. The van der Waals surface area contributed by atoms with Crippen molar-refractivity contribution in [1.82, 2.24) is 0 Å². The molecule has 1 aromatic heterocycles. The lowest BCUT2D eigenvalue weighted by Gasteiger charge is -2.07. The van der Waals surface area contributed by atoms with Crippen molar-refractivity contribution in [1.29, 1.82) is 0 Å². The molecular weight excluding hydrogens is 279 g/mol.